The molecule has 0 saturated carbocycles. The second-order valence-corrected chi connectivity index (χ2v) is 2.92. The number of nitrogens with one attached hydrogen (secondary N) is 1. The van der Waals surface area contributed by atoms with Gasteiger partial charge in [-0.2, -0.15) is 0 Å². The maximum Gasteiger partial charge on any atom is 0.224 e. The summed E-state index contributed by atoms with van der Waals surface area (Å²) in [6, 6.07) is 6.07. The van der Waals surface area contributed by atoms with Crippen LogP contribution < -0.4 is 11.1 Å². The van der Waals surface area contributed by atoms with Gasteiger partial charge in [-0.3, -0.25) is 4.79 Å². The summed E-state index contributed by atoms with van der Waals surface area (Å²) in [5.74, 6) is -0.630. The second-order valence-electron chi connectivity index (χ2n) is 2.92. The number of halogens is 1. The van der Waals surface area contributed by atoms with Crippen molar-refractivity contribution in [3.05, 3.63) is 30.1 Å². The maximum absolute atomic E-state index is 13.0. The first-order valence-electron chi connectivity index (χ1n) is 4.48. The van der Waals surface area contributed by atoms with E-state index >= 15 is 0 Å². The van der Waals surface area contributed by atoms with Gasteiger partial charge in [-0.15, -0.1) is 0 Å². The van der Waals surface area contributed by atoms with Crippen molar-refractivity contribution < 1.29 is 9.18 Å². The van der Waals surface area contributed by atoms with E-state index in [1.807, 2.05) is 0 Å². The minimum Gasteiger partial charge on any atom is -0.330 e. The van der Waals surface area contributed by atoms with Crippen LogP contribution in [0.2, 0.25) is 0 Å². The van der Waals surface area contributed by atoms with Gasteiger partial charge in [0.25, 0.3) is 0 Å². The molecule has 3 nitrogen and oxygen atoms in total. The number of rotatable bonds is 4. The molecule has 0 aliphatic rings. The first kappa shape index (κ1) is 10.7. The van der Waals surface area contributed by atoms with Crippen LogP contribution in [0.1, 0.15) is 12.8 Å². The first-order valence-corrected chi connectivity index (χ1v) is 4.48. The summed E-state index contributed by atoms with van der Waals surface area (Å²) in [7, 11) is 0. The first-order chi connectivity index (χ1) is 6.74. The van der Waals surface area contributed by atoms with Gasteiger partial charge < -0.3 is 11.1 Å². The summed E-state index contributed by atoms with van der Waals surface area (Å²) in [5.41, 5.74) is 5.46. The molecule has 1 aromatic rings. The largest absolute Gasteiger partial charge is 0.330 e. The Bertz CT molecular complexity index is 315. The van der Waals surface area contributed by atoms with Crippen molar-refractivity contribution in [2.75, 3.05) is 11.9 Å². The van der Waals surface area contributed by atoms with Crippen LogP contribution in [0.25, 0.3) is 0 Å². The maximum atomic E-state index is 13.0. The highest BCUT2D eigenvalue weighted by Gasteiger charge is 2.04. The third-order valence-corrected chi connectivity index (χ3v) is 1.76. The standard InChI is InChI=1S/C10H13FN2O/c11-8-4-1-2-5-9(8)13-10(14)6-3-7-12/h1-2,4-5H,3,6-7,12H2,(H,13,14). The predicted octanol–water partition coefficient (Wildman–Crippen LogP) is 1.50. The van der Waals surface area contributed by atoms with Crippen LogP contribution in [-0.2, 0) is 4.79 Å². The van der Waals surface area contributed by atoms with Gasteiger partial charge in [0.1, 0.15) is 5.82 Å². The van der Waals surface area contributed by atoms with Crippen LogP contribution in [0, 0.1) is 5.82 Å². The third-order valence-electron chi connectivity index (χ3n) is 1.76. The van der Waals surface area contributed by atoms with E-state index < -0.39 is 5.82 Å². The molecule has 0 radical (unpaired) electrons. The van der Waals surface area contributed by atoms with Crippen LogP contribution >= 0.6 is 0 Å². The number of nitrogens with two attached hydrogens (primary N) is 1. The van der Waals surface area contributed by atoms with E-state index in [0.29, 0.717) is 19.4 Å². The van der Waals surface area contributed by atoms with Crippen LogP contribution in [0.3, 0.4) is 0 Å². The van der Waals surface area contributed by atoms with E-state index in [9.17, 15) is 9.18 Å². The van der Waals surface area contributed by atoms with E-state index in [1.54, 1.807) is 12.1 Å². The molecule has 0 aromatic heterocycles. The van der Waals surface area contributed by atoms with E-state index in [0.717, 1.165) is 0 Å². The van der Waals surface area contributed by atoms with Crippen molar-refractivity contribution in [1.82, 2.24) is 0 Å². The lowest BCUT2D eigenvalue weighted by molar-refractivity contribution is -0.116. The quantitative estimate of drug-likeness (QED) is 0.766. The Balaban J connectivity index is 2.52. The molecule has 0 aliphatic heterocycles. The Morgan fingerprint density at radius 1 is 1.43 bits per heavy atom. The van der Waals surface area contributed by atoms with Gasteiger partial charge in [0.15, 0.2) is 0 Å². The normalized spacial score (nSPS) is 9.86. The molecule has 0 spiro atoms. The molecule has 1 aromatic carbocycles. The summed E-state index contributed by atoms with van der Waals surface area (Å²) < 4.78 is 13.0. The van der Waals surface area contributed by atoms with Crippen LogP contribution in [0.4, 0.5) is 10.1 Å². The van der Waals surface area contributed by atoms with Crippen molar-refractivity contribution >= 4 is 11.6 Å². The molecule has 0 atom stereocenters. The van der Waals surface area contributed by atoms with Crippen LogP contribution in [0.5, 0.6) is 0 Å². The number of carbonyl (C=O) groups excluding carboxylic acids is 1. The molecule has 0 heterocycles. The van der Waals surface area contributed by atoms with E-state index in [-0.39, 0.29) is 11.6 Å². The molecule has 14 heavy (non-hydrogen) atoms. The summed E-state index contributed by atoms with van der Waals surface area (Å²) in [4.78, 5) is 11.2. The molecule has 1 rings (SSSR count). The predicted molar refractivity (Wildman–Crippen MR) is 53.3 cm³/mol. The van der Waals surface area contributed by atoms with Crippen molar-refractivity contribution in [3.8, 4) is 0 Å². The van der Waals surface area contributed by atoms with E-state index in [1.165, 1.54) is 12.1 Å². The third kappa shape index (κ3) is 3.14. The smallest absolute Gasteiger partial charge is 0.224 e. The molecule has 76 valence electrons. The van der Waals surface area contributed by atoms with Gasteiger partial charge in [-0.05, 0) is 25.1 Å². The lowest BCUT2D eigenvalue weighted by Crippen LogP contribution is -2.14. The Hall–Kier alpha value is -1.42. The monoisotopic (exact) mass is 196 g/mol. The number of hydrogen-bond acceptors (Lipinski definition) is 2. The van der Waals surface area contributed by atoms with Crippen molar-refractivity contribution in [1.29, 1.82) is 0 Å². The van der Waals surface area contributed by atoms with Crippen molar-refractivity contribution in [2.24, 2.45) is 5.73 Å². The van der Waals surface area contributed by atoms with Crippen LogP contribution in [0.15, 0.2) is 24.3 Å². The zero-order valence-electron chi connectivity index (χ0n) is 7.79. The SMILES string of the molecule is NCCCC(=O)Nc1ccccc1F. The molecule has 0 bridgehead atoms. The number of anilines is 1. The average Bonchev–Trinajstić information content (AvgIpc) is 2.18. The van der Waals surface area contributed by atoms with Crippen LogP contribution in [-0.4, -0.2) is 12.5 Å². The molecule has 1 amide bonds. The topological polar surface area (TPSA) is 55.1 Å². The van der Waals surface area contributed by atoms with Gasteiger partial charge in [0, 0.05) is 6.42 Å². The van der Waals surface area contributed by atoms with E-state index in [2.05, 4.69) is 5.32 Å². The molecule has 4 heteroatoms. The Morgan fingerprint density at radius 3 is 2.79 bits per heavy atom. The average molecular weight is 196 g/mol. The highest BCUT2D eigenvalue weighted by molar-refractivity contribution is 5.90. The minimum atomic E-state index is -0.423. The van der Waals surface area contributed by atoms with Gasteiger partial charge in [-0.25, -0.2) is 4.39 Å². The highest BCUT2D eigenvalue weighted by atomic mass is 19.1. The summed E-state index contributed by atoms with van der Waals surface area (Å²) >= 11 is 0. The lowest BCUT2D eigenvalue weighted by atomic mass is 10.2. The fraction of sp³-hybridized carbons (Fsp3) is 0.300. The van der Waals surface area contributed by atoms with Gasteiger partial charge in [0.05, 0.1) is 5.69 Å². The van der Waals surface area contributed by atoms with Gasteiger partial charge in [-0.1, -0.05) is 12.1 Å². The second kappa shape index (κ2) is 5.34. The molecular weight excluding hydrogens is 183 g/mol. The number of carbonyl (C=O) groups is 1. The molecule has 0 saturated heterocycles. The van der Waals surface area contributed by atoms with Crippen molar-refractivity contribution in [3.63, 3.8) is 0 Å². The van der Waals surface area contributed by atoms with Gasteiger partial charge >= 0.3 is 0 Å². The highest BCUT2D eigenvalue weighted by Crippen LogP contribution is 2.12. The zero-order valence-corrected chi connectivity index (χ0v) is 7.79. The summed E-state index contributed by atoms with van der Waals surface area (Å²) in [5, 5.41) is 2.48. The van der Waals surface area contributed by atoms with Gasteiger partial charge in [0.2, 0.25) is 5.91 Å². The zero-order chi connectivity index (χ0) is 10.4. The molecule has 3 N–H and O–H groups in total. The minimum absolute atomic E-state index is 0.208. The number of para-hydroxylation sites is 1. The lowest BCUT2D eigenvalue weighted by Gasteiger charge is -2.04. The Morgan fingerprint density at radius 2 is 2.14 bits per heavy atom. The summed E-state index contributed by atoms with van der Waals surface area (Å²) in [6.45, 7) is 0.463. The Labute approximate surface area is 82.1 Å². The molecule has 0 unspecified atom stereocenters. The fourth-order valence-corrected chi connectivity index (χ4v) is 1.04. The van der Waals surface area contributed by atoms with Crippen molar-refractivity contribution in [2.45, 2.75) is 12.8 Å². The van der Waals surface area contributed by atoms with E-state index in [4.69, 9.17) is 5.73 Å². The number of benzene rings is 1. The Kier molecular flexibility index (Phi) is 4.07. The number of amides is 1. The number of hydrogen-bond donors (Lipinski definition) is 2. The fourth-order valence-electron chi connectivity index (χ4n) is 1.04. The molecular formula is C10H13FN2O. The molecule has 0 fully saturated rings. The summed E-state index contributed by atoms with van der Waals surface area (Å²) in [6.07, 6.45) is 0.936. The molecule has 0 aliphatic carbocycles.